The van der Waals surface area contributed by atoms with Crippen molar-refractivity contribution in [1.29, 1.82) is 0 Å². The fourth-order valence-corrected chi connectivity index (χ4v) is 2.42. The van der Waals surface area contributed by atoms with Gasteiger partial charge >= 0.3 is 0 Å². The molecule has 1 amide bonds. The molecule has 1 aliphatic heterocycles. The highest BCUT2D eigenvalue weighted by Crippen LogP contribution is 2.31. The Labute approximate surface area is 114 Å². The molecule has 1 heterocycles. The molecule has 2 aromatic rings. The fourth-order valence-electron chi connectivity index (χ4n) is 2.42. The van der Waals surface area contributed by atoms with Crippen LogP contribution in [0.3, 0.4) is 0 Å². The van der Waals surface area contributed by atoms with E-state index in [1.54, 1.807) is 6.07 Å². The van der Waals surface area contributed by atoms with Crippen molar-refractivity contribution in [3.8, 4) is 0 Å². The molecule has 102 valence electrons. The lowest BCUT2D eigenvalue weighted by molar-refractivity contribution is 0.0990. The van der Waals surface area contributed by atoms with Gasteiger partial charge in [-0.3, -0.25) is 4.79 Å². The van der Waals surface area contributed by atoms with Gasteiger partial charge in [-0.25, -0.2) is 8.78 Å². The van der Waals surface area contributed by atoms with Gasteiger partial charge in [0, 0.05) is 12.2 Å². The highest BCUT2D eigenvalue weighted by Gasteiger charge is 2.27. The predicted octanol–water partition coefficient (Wildman–Crippen LogP) is 2.75. The summed E-state index contributed by atoms with van der Waals surface area (Å²) in [4.78, 5) is 13.9. The van der Waals surface area contributed by atoms with E-state index < -0.39 is 17.5 Å². The molecule has 0 aromatic heterocycles. The molecule has 5 heteroatoms. The van der Waals surface area contributed by atoms with E-state index in [0.29, 0.717) is 18.7 Å². The van der Waals surface area contributed by atoms with Gasteiger partial charge in [0.2, 0.25) is 0 Å². The van der Waals surface area contributed by atoms with E-state index in [-0.39, 0.29) is 11.3 Å². The minimum Gasteiger partial charge on any atom is -0.398 e. The van der Waals surface area contributed by atoms with E-state index in [0.717, 1.165) is 11.6 Å². The topological polar surface area (TPSA) is 46.3 Å². The second-order valence-corrected chi connectivity index (χ2v) is 4.71. The maximum absolute atomic E-state index is 13.3. The maximum Gasteiger partial charge on any atom is 0.260 e. The molecule has 0 atom stereocenters. The van der Waals surface area contributed by atoms with Crippen molar-refractivity contribution in [1.82, 2.24) is 0 Å². The lowest BCUT2D eigenvalue weighted by atomic mass is 10.1. The zero-order valence-corrected chi connectivity index (χ0v) is 10.6. The standard InChI is InChI=1S/C15H12F2N2O/c16-10-3-4-13(18)12(7-10)15(20)19-6-5-9-1-2-11(17)8-14(9)19/h1-4,7-8H,5-6,18H2. The van der Waals surface area contributed by atoms with Crippen molar-refractivity contribution in [2.75, 3.05) is 17.2 Å². The van der Waals surface area contributed by atoms with E-state index in [2.05, 4.69) is 0 Å². The molecule has 3 nitrogen and oxygen atoms in total. The van der Waals surface area contributed by atoms with Crippen LogP contribution in [0.2, 0.25) is 0 Å². The molecule has 0 radical (unpaired) electrons. The SMILES string of the molecule is Nc1ccc(F)cc1C(=O)N1CCc2ccc(F)cc21. The van der Waals surface area contributed by atoms with E-state index >= 15 is 0 Å². The molecule has 20 heavy (non-hydrogen) atoms. The number of hydrogen-bond acceptors (Lipinski definition) is 2. The van der Waals surface area contributed by atoms with E-state index in [9.17, 15) is 13.6 Å². The molecule has 0 spiro atoms. The molecule has 0 unspecified atom stereocenters. The van der Waals surface area contributed by atoms with Gasteiger partial charge in [-0.05, 0) is 42.3 Å². The van der Waals surface area contributed by atoms with Gasteiger partial charge in [-0.1, -0.05) is 6.07 Å². The summed E-state index contributed by atoms with van der Waals surface area (Å²) in [6.45, 7) is 0.438. The summed E-state index contributed by atoms with van der Waals surface area (Å²) >= 11 is 0. The number of carbonyl (C=O) groups is 1. The van der Waals surface area contributed by atoms with Crippen LogP contribution in [-0.4, -0.2) is 12.5 Å². The van der Waals surface area contributed by atoms with Crippen LogP contribution in [0.5, 0.6) is 0 Å². The van der Waals surface area contributed by atoms with Crippen LogP contribution in [-0.2, 0) is 6.42 Å². The number of fused-ring (bicyclic) bond motifs is 1. The summed E-state index contributed by atoms with van der Waals surface area (Å²) in [5, 5.41) is 0. The number of nitrogen functional groups attached to an aromatic ring is 1. The molecule has 2 N–H and O–H groups in total. The smallest absolute Gasteiger partial charge is 0.260 e. The van der Waals surface area contributed by atoms with E-state index in [1.165, 1.54) is 29.2 Å². The van der Waals surface area contributed by atoms with Crippen LogP contribution in [0.15, 0.2) is 36.4 Å². The lowest BCUT2D eigenvalue weighted by Gasteiger charge is -2.18. The van der Waals surface area contributed by atoms with Crippen molar-refractivity contribution in [3.05, 3.63) is 59.2 Å². The average molecular weight is 274 g/mol. The molecule has 0 saturated heterocycles. The third kappa shape index (κ3) is 2.01. The number of carbonyl (C=O) groups excluding carboxylic acids is 1. The van der Waals surface area contributed by atoms with Crippen molar-refractivity contribution in [2.24, 2.45) is 0 Å². The Kier molecular flexibility index (Phi) is 2.89. The molecule has 3 rings (SSSR count). The van der Waals surface area contributed by atoms with Gasteiger partial charge in [0.05, 0.1) is 11.3 Å². The number of hydrogen-bond donors (Lipinski definition) is 1. The van der Waals surface area contributed by atoms with Crippen molar-refractivity contribution in [3.63, 3.8) is 0 Å². The number of amides is 1. The number of rotatable bonds is 1. The summed E-state index contributed by atoms with van der Waals surface area (Å²) in [5.74, 6) is -1.34. The second kappa shape index (κ2) is 4.59. The van der Waals surface area contributed by atoms with Gasteiger partial charge in [-0.2, -0.15) is 0 Å². The first kappa shape index (κ1) is 12.6. The number of nitrogens with two attached hydrogens (primary N) is 1. The quantitative estimate of drug-likeness (QED) is 0.813. The second-order valence-electron chi connectivity index (χ2n) is 4.71. The Morgan fingerprint density at radius 3 is 2.60 bits per heavy atom. The zero-order valence-electron chi connectivity index (χ0n) is 10.6. The van der Waals surface area contributed by atoms with Crippen molar-refractivity contribution < 1.29 is 13.6 Å². The van der Waals surface area contributed by atoms with Gasteiger partial charge in [-0.15, -0.1) is 0 Å². The summed E-state index contributed by atoms with van der Waals surface area (Å²) in [7, 11) is 0. The van der Waals surface area contributed by atoms with Crippen LogP contribution >= 0.6 is 0 Å². The van der Waals surface area contributed by atoms with Gasteiger partial charge < -0.3 is 10.6 Å². The number of anilines is 2. The van der Waals surface area contributed by atoms with Gasteiger partial charge in [0.15, 0.2) is 0 Å². The maximum atomic E-state index is 13.3. The minimum atomic E-state index is -0.527. The Morgan fingerprint density at radius 1 is 1.10 bits per heavy atom. The first-order chi connectivity index (χ1) is 9.56. The molecule has 0 fully saturated rings. The third-order valence-electron chi connectivity index (χ3n) is 3.43. The van der Waals surface area contributed by atoms with Gasteiger partial charge in [0.25, 0.3) is 5.91 Å². The fraction of sp³-hybridized carbons (Fsp3) is 0.133. The van der Waals surface area contributed by atoms with Crippen LogP contribution in [0.1, 0.15) is 15.9 Å². The Bertz CT molecular complexity index is 700. The molecule has 1 aliphatic rings. The molecular formula is C15H12F2N2O. The monoisotopic (exact) mass is 274 g/mol. The Morgan fingerprint density at radius 2 is 1.80 bits per heavy atom. The minimum absolute atomic E-state index is 0.0992. The predicted molar refractivity (Wildman–Crippen MR) is 72.6 cm³/mol. The van der Waals surface area contributed by atoms with E-state index in [1.807, 2.05) is 0 Å². The average Bonchev–Trinajstić information content (AvgIpc) is 2.83. The van der Waals surface area contributed by atoms with Crippen molar-refractivity contribution in [2.45, 2.75) is 6.42 Å². The molecular weight excluding hydrogens is 262 g/mol. The first-order valence-electron chi connectivity index (χ1n) is 6.21. The summed E-state index contributed by atoms with van der Waals surface area (Å²) in [6.07, 6.45) is 0.649. The van der Waals surface area contributed by atoms with Crippen LogP contribution in [0.4, 0.5) is 20.2 Å². The lowest BCUT2D eigenvalue weighted by Crippen LogP contribution is -2.29. The molecule has 0 aliphatic carbocycles. The number of halogens is 2. The van der Waals surface area contributed by atoms with Crippen molar-refractivity contribution >= 4 is 17.3 Å². The zero-order chi connectivity index (χ0) is 14.3. The Balaban J connectivity index is 2.01. The highest BCUT2D eigenvalue weighted by atomic mass is 19.1. The molecule has 0 saturated carbocycles. The summed E-state index contributed by atoms with van der Waals surface area (Å²) in [6, 6.07) is 8.00. The largest absolute Gasteiger partial charge is 0.398 e. The Hall–Kier alpha value is -2.43. The van der Waals surface area contributed by atoms with Crippen LogP contribution < -0.4 is 10.6 Å². The van der Waals surface area contributed by atoms with Gasteiger partial charge in [0.1, 0.15) is 11.6 Å². The summed E-state index contributed by atoms with van der Waals surface area (Å²) < 4.78 is 26.6. The molecule has 0 bridgehead atoms. The van der Waals surface area contributed by atoms with Crippen LogP contribution in [0.25, 0.3) is 0 Å². The first-order valence-corrected chi connectivity index (χ1v) is 6.21. The van der Waals surface area contributed by atoms with Crippen LogP contribution in [0, 0.1) is 11.6 Å². The number of benzene rings is 2. The normalized spacial score (nSPS) is 13.4. The summed E-state index contributed by atoms with van der Waals surface area (Å²) in [5.41, 5.74) is 7.45. The highest BCUT2D eigenvalue weighted by molar-refractivity contribution is 6.10. The number of nitrogens with zero attached hydrogens (tertiary/aromatic N) is 1. The third-order valence-corrected chi connectivity index (χ3v) is 3.43. The molecule has 2 aromatic carbocycles. The van der Waals surface area contributed by atoms with E-state index in [4.69, 9.17) is 5.73 Å².